The minimum absolute atomic E-state index is 0.0455. The molecule has 1 aromatic carbocycles. The number of nitrogens with zero attached hydrogens (tertiary/aromatic N) is 1. The Morgan fingerprint density at radius 2 is 1.90 bits per heavy atom. The number of hydrogen-bond acceptors (Lipinski definition) is 2. The van der Waals surface area contributed by atoms with Gasteiger partial charge in [0.25, 0.3) is 5.91 Å². The van der Waals surface area contributed by atoms with Crippen LogP contribution in [0.1, 0.15) is 41.3 Å². The molecule has 1 aliphatic carbocycles. The number of aryl methyl sites for hydroxylation is 1. The second-order valence-corrected chi connectivity index (χ2v) is 5.79. The van der Waals surface area contributed by atoms with Gasteiger partial charge in [0, 0.05) is 12.6 Å². The number of amides is 1. The van der Waals surface area contributed by atoms with E-state index in [4.69, 9.17) is 16.0 Å². The fourth-order valence-electron chi connectivity index (χ4n) is 2.43. The molecule has 110 valence electrons. The van der Waals surface area contributed by atoms with Gasteiger partial charge >= 0.3 is 0 Å². The van der Waals surface area contributed by atoms with E-state index in [0.29, 0.717) is 18.2 Å². The SMILES string of the molecule is CCc1ccc(CN(C(=O)c2ccoc2Cl)C2CC2)cc1. The average Bonchev–Trinajstić information content (AvgIpc) is 3.26. The van der Waals surface area contributed by atoms with Crippen LogP contribution in [0.3, 0.4) is 0 Å². The molecular weight excluding hydrogens is 286 g/mol. The van der Waals surface area contributed by atoms with Crippen LogP contribution in [0.5, 0.6) is 0 Å². The lowest BCUT2D eigenvalue weighted by Gasteiger charge is -2.22. The Labute approximate surface area is 129 Å². The number of rotatable bonds is 5. The number of halogens is 1. The summed E-state index contributed by atoms with van der Waals surface area (Å²) in [4.78, 5) is 14.5. The summed E-state index contributed by atoms with van der Waals surface area (Å²) in [5.41, 5.74) is 2.90. The fourth-order valence-corrected chi connectivity index (χ4v) is 2.63. The van der Waals surface area contributed by atoms with Crippen LogP contribution in [0.2, 0.25) is 5.22 Å². The van der Waals surface area contributed by atoms with E-state index in [1.807, 2.05) is 4.90 Å². The first-order chi connectivity index (χ1) is 10.2. The molecule has 3 nitrogen and oxygen atoms in total. The molecule has 3 rings (SSSR count). The van der Waals surface area contributed by atoms with E-state index in [9.17, 15) is 4.79 Å². The van der Waals surface area contributed by atoms with Gasteiger partial charge in [0.15, 0.2) is 0 Å². The third-order valence-corrected chi connectivity index (χ3v) is 4.17. The number of furan rings is 1. The second-order valence-electron chi connectivity index (χ2n) is 5.44. The van der Waals surface area contributed by atoms with Crippen LogP contribution in [0.15, 0.2) is 41.0 Å². The monoisotopic (exact) mass is 303 g/mol. The Balaban J connectivity index is 1.78. The molecule has 21 heavy (non-hydrogen) atoms. The average molecular weight is 304 g/mol. The van der Waals surface area contributed by atoms with Gasteiger partial charge in [-0.1, -0.05) is 31.2 Å². The number of carbonyl (C=O) groups is 1. The first-order valence-electron chi connectivity index (χ1n) is 7.31. The Kier molecular flexibility index (Phi) is 4.02. The molecule has 1 aliphatic rings. The highest BCUT2D eigenvalue weighted by molar-refractivity contribution is 6.32. The Morgan fingerprint density at radius 1 is 1.24 bits per heavy atom. The van der Waals surface area contributed by atoms with Crippen LogP contribution in [0.25, 0.3) is 0 Å². The molecule has 0 aliphatic heterocycles. The summed E-state index contributed by atoms with van der Waals surface area (Å²) >= 11 is 5.93. The van der Waals surface area contributed by atoms with Crippen molar-refractivity contribution in [2.24, 2.45) is 0 Å². The van der Waals surface area contributed by atoms with Crippen molar-refractivity contribution in [2.75, 3.05) is 0 Å². The lowest BCUT2D eigenvalue weighted by molar-refractivity contribution is 0.0729. The normalized spacial score (nSPS) is 14.2. The molecule has 0 bridgehead atoms. The molecule has 2 aromatic rings. The first kappa shape index (κ1) is 14.2. The predicted octanol–water partition coefficient (Wildman–Crippen LogP) is 4.30. The van der Waals surface area contributed by atoms with Gasteiger partial charge in [-0.25, -0.2) is 0 Å². The molecule has 0 unspecified atom stereocenters. The van der Waals surface area contributed by atoms with Crippen molar-refractivity contribution in [2.45, 2.75) is 38.8 Å². The zero-order valence-corrected chi connectivity index (χ0v) is 12.8. The van der Waals surface area contributed by atoms with Gasteiger partial charge in [0.2, 0.25) is 5.22 Å². The highest BCUT2D eigenvalue weighted by Gasteiger charge is 2.34. The minimum Gasteiger partial charge on any atom is -0.452 e. The van der Waals surface area contributed by atoms with Crippen LogP contribution in [0.4, 0.5) is 0 Å². The number of benzene rings is 1. The fraction of sp³-hybridized carbons (Fsp3) is 0.353. The van der Waals surface area contributed by atoms with E-state index >= 15 is 0 Å². The molecule has 1 saturated carbocycles. The minimum atomic E-state index is -0.0455. The van der Waals surface area contributed by atoms with Crippen LogP contribution >= 0.6 is 11.6 Å². The summed E-state index contributed by atoms with van der Waals surface area (Å²) in [5, 5.41) is 0.173. The van der Waals surface area contributed by atoms with Crippen molar-refractivity contribution in [3.05, 3.63) is 58.5 Å². The first-order valence-corrected chi connectivity index (χ1v) is 7.68. The summed E-state index contributed by atoms with van der Waals surface area (Å²) in [6, 6.07) is 10.4. The Morgan fingerprint density at radius 3 is 2.43 bits per heavy atom. The van der Waals surface area contributed by atoms with Gasteiger partial charge in [-0.05, 0) is 48.1 Å². The molecule has 0 N–H and O–H groups in total. The zero-order valence-electron chi connectivity index (χ0n) is 12.0. The number of carbonyl (C=O) groups excluding carboxylic acids is 1. The van der Waals surface area contributed by atoms with E-state index in [2.05, 4.69) is 31.2 Å². The zero-order chi connectivity index (χ0) is 14.8. The van der Waals surface area contributed by atoms with E-state index in [0.717, 1.165) is 24.8 Å². The van der Waals surface area contributed by atoms with Gasteiger partial charge in [0.1, 0.15) is 0 Å². The van der Waals surface area contributed by atoms with Gasteiger partial charge in [-0.2, -0.15) is 0 Å². The number of hydrogen-bond donors (Lipinski definition) is 0. The maximum Gasteiger partial charge on any atom is 0.259 e. The van der Waals surface area contributed by atoms with Crippen molar-refractivity contribution in [3.63, 3.8) is 0 Å². The molecule has 1 amide bonds. The molecule has 1 aromatic heterocycles. The topological polar surface area (TPSA) is 33.5 Å². The largest absolute Gasteiger partial charge is 0.452 e. The predicted molar refractivity (Wildman–Crippen MR) is 82.4 cm³/mol. The van der Waals surface area contributed by atoms with Gasteiger partial charge in [-0.3, -0.25) is 4.79 Å². The molecular formula is C17H18ClNO2. The Hall–Kier alpha value is -1.74. The maximum absolute atomic E-state index is 12.6. The standard InChI is InChI=1S/C17H18ClNO2/c1-2-12-3-5-13(6-4-12)11-19(14-7-8-14)17(20)15-9-10-21-16(15)18/h3-6,9-10,14H,2,7-8,11H2,1H3. The molecule has 1 heterocycles. The smallest absolute Gasteiger partial charge is 0.259 e. The summed E-state index contributed by atoms with van der Waals surface area (Å²) < 4.78 is 5.03. The molecule has 0 spiro atoms. The van der Waals surface area contributed by atoms with Gasteiger partial charge in [-0.15, -0.1) is 0 Å². The molecule has 0 radical (unpaired) electrons. The summed E-state index contributed by atoms with van der Waals surface area (Å²) in [6.45, 7) is 2.75. The molecule has 4 heteroatoms. The highest BCUT2D eigenvalue weighted by Crippen LogP contribution is 2.31. The maximum atomic E-state index is 12.6. The summed E-state index contributed by atoms with van der Waals surface area (Å²) in [7, 11) is 0. The van der Waals surface area contributed by atoms with Crippen molar-refractivity contribution in [1.82, 2.24) is 4.90 Å². The third-order valence-electron chi connectivity index (χ3n) is 3.88. The molecule has 1 fully saturated rings. The molecule has 0 saturated heterocycles. The van der Waals surface area contributed by atoms with E-state index in [1.165, 1.54) is 11.8 Å². The summed E-state index contributed by atoms with van der Waals surface area (Å²) in [6.07, 6.45) is 4.61. The quantitative estimate of drug-likeness (QED) is 0.825. The van der Waals surface area contributed by atoms with E-state index in [1.54, 1.807) is 6.07 Å². The van der Waals surface area contributed by atoms with Crippen LogP contribution in [0, 0.1) is 0 Å². The van der Waals surface area contributed by atoms with Crippen molar-refractivity contribution in [1.29, 1.82) is 0 Å². The van der Waals surface area contributed by atoms with Crippen molar-refractivity contribution < 1.29 is 9.21 Å². The van der Waals surface area contributed by atoms with Crippen LogP contribution in [-0.4, -0.2) is 16.8 Å². The highest BCUT2D eigenvalue weighted by atomic mass is 35.5. The van der Waals surface area contributed by atoms with E-state index < -0.39 is 0 Å². The van der Waals surface area contributed by atoms with Crippen LogP contribution in [-0.2, 0) is 13.0 Å². The van der Waals surface area contributed by atoms with Crippen molar-refractivity contribution in [3.8, 4) is 0 Å². The Bertz CT molecular complexity index is 628. The lowest BCUT2D eigenvalue weighted by Crippen LogP contribution is -2.32. The van der Waals surface area contributed by atoms with E-state index in [-0.39, 0.29) is 11.1 Å². The van der Waals surface area contributed by atoms with Gasteiger partial charge in [0.05, 0.1) is 11.8 Å². The van der Waals surface area contributed by atoms with Crippen molar-refractivity contribution >= 4 is 17.5 Å². The lowest BCUT2D eigenvalue weighted by atomic mass is 10.1. The summed E-state index contributed by atoms with van der Waals surface area (Å²) in [5.74, 6) is -0.0455. The second kappa shape index (κ2) is 5.94. The van der Waals surface area contributed by atoms with Crippen LogP contribution < -0.4 is 0 Å². The third kappa shape index (κ3) is 3.13. The van der Waals surface area contributed by atoms with Gasteiger partial charge < -0.3 is 9.32 Å². The molecule has 0 atom stereocenters.